The highest BCUT2D eigenvalue weighted by Gasteiger charge is 2.13. The Morgan fingerprint density at radius 3 is 2.34 bits per heavy atom. The molecule has 5 heteroatoms. The van der Waals surface area contributed by atoms with Crippen LogP contribution in [0.5, 0.6) is 0 Å². The molecule has 0 aromatic heterocycles. The number of carbonyl (C=O) groups is 2. The van der Waals surface area contributed by atoms with E-state index in [1.807, 2.05) is 54.6 Å². The third-order valence-corrected chi connectivity index (χ3v) is 4.90. The number of rotatable bonds is 9. The summed E-state index contributed by atoms with van der Waals surface area (Å²) in [7, 11) is 0. The van der Waals surface area contributed by atoms with Crippen LogP contribution in [-0.2, 0) is 11.2 Å². The maximum atomic E-state index is 12.6. The van der Waals surface area contributed by atoms with Crippen molar-refractivity contribution >= 4 is 22.6 Å². The second-order valence-corrected chi connectivity index (χ2v) is 6.97. The van der Waals surface area contributed by atoms with E-state index in [0.29, 0.717) is 31.7 Å². The molecule has 0 radical (unpaired) electrons. The van der Waals surface area contributed by atoms with E-state index in [1.54, 1.807) is 11.0 Å². The fraction of sp³-hybridized carbons (Fsp3) is 0.250. The van der Waals surface area contributed by atoms with Gasteiger partial charge in [-0.1, -0.05) is 60.7 Å². The molecule has 3 N–H and O–H groups in total. The number of carbonyl (C=O) groups excluding carboxylic acids is 2. The molecule has 2 amide bonds. The molecule has 0 saturated heterocycles. The molecule has 29 heavy (non-hydrogen) atoms. The van der Waals surface area contributed by atoms with Gasteiger partial charge in [-0.15, -0.1) is 0 Å². The van der Waals surface area contributed by atoms with Crippen LogP contribution in [0, 0.1) is 0 Å². The van der Waals surface area contributed by atoms with Crippen molar-refractivity contribution in [1.82, 2.24) is 10.2 Å². The van der Waals surface area contributed by atoms with Gasteiger partial charge in [0.25, 0.3) is 5.91 Å². The van der Waals surface area contributed by atoms with E-state index in [1.165, 1.54) is 5.56 Å². The Hall–Kier alpha value is -3.18. The summed E-state index contributed by atoms with van der Waals surface area (Å²) in [4.78, 5) is 26.8. The zero-order valence-corrected chi connectivity index (χ0v) is 16.5. The number of nitrogens with two attached hydrogens (primary N) is 1. The van der Waals surface area contributed by atoms with Gasteiger partial charge in [-0.3, -0.25) is 9.59 Å². The minimum Gasteiger partial charge on any atom is -0.352 e. The van der Waals surface area contributed by atoms with Gasteiger partial charge in [-0.25, -0.2) is 0 Å². The summed E-state index contributed by atoms with van der Waals surface area (Å²) in [6.45, 7) is 1.86. The topological polar surface area (TPSA) is 75.4 Å². The highest BCUT2D eigenvalue weighted by Crippen LogP contribution is 2.15. The van der Waals surface area contributed by atoms with Gasteiger partial charge in [0.1, 0.15) is 0 Å². The molecule has 150 valence electrons. The lowest BCUT2D eigenvalue weighted by Gasteiger charge is -2.22. The van der Waals surface area contributed by atoms with Crippen LogP contribution in [0.3, 0.4) is 0 Å². The van der Waals surface area contributed by atoms with Crippen molar-refractivity contribution in [3.8, 4) is 0 Å². The molecule has 3 aromatic rings. The number of nitrogens with one attached hydrogen (secondary N) is 1. The fourth-order valence-electron chi connectivity index (χ4n) is 3.30. The monoisotopic (exact) mass is 389 g/mol. The Bertz CT molecular complexity index is 957. The number of benzene rings is 3. The lowest BCUT2D eigenvalue weighted by atomic mass is 10.1. The quantitative estimate of drug-likeness (QED) is 0.591. The van der Waals surface area contributed by atoms with Crippen molar-refractivity contribution in [2.75, 3.05) is 26.2 Å². The van der Waals surface area contributed by atoms with E-state index in [-0.39, 0.29) is 18.2 Å². The lowest BCUT2D eigenvalue weighted by molar-refractivity contribution is -0.130. The average Bonchev–Trinajstić information content (AvgIpc) is 2.76. The predicted octanol–water partition coefficient (Wildman–Crippen LogP) is 2.99. The molecule has 0 fully saturated rings. The fourth-order valence-corrected chi connectivity index (χ4v) is 3.30. The largest absolute Gasteiger partial charge is 0.352 e. The number of nitrogens with zero attached hydrogens (tertiary/aromatic N) is 1. The van der Waals surface area contributed by atoms with Gasteiger partial charge in [0.05, 0.1) is 0 Å². The van der Waals surface area contributed by atoms with Crippen LogP contribution in [0.4, 0.5) is 0 Å². The Balaban J connectivity index is 1.50. The summed E-state index contributed by atoms with van der Waals surface area (Å²) in [6, 6.07) is 23.6. The van der Waals surface area contributed by atoms with Crippen molar-refractivity contribution < 1.29 is 9.59 Å². The summed E-state index contributed by atoms with van der Waals surface area (Å²) < 4.78 is 0. The summed E-state index contributed by atoms with van der Waals surface area (Å²) in [5.74, 6) is -0.164. The van der Waals surface area contributed by atoms with E-state index < -0.39 is 0 Å². The third kappa shape index (κ3) is 5.90. The summed E-state index contributed by atoms with van der Waals surface area (Å²) >= 11 is 0. The summed E-state index contributed by atoms with van der Waals surface area (Å²) in [6.07, 6.45) is 1.05. The number of amides is 2. The SMILES string of the molecule is NCCN(CCc1ccccc1)C(=O)CCNC(=O)c1ccc2ccccc2c1. The second-order valence-electron chi connectivity index (χ2n) is 6.97. The molecule has 0 heterocycles. The molecule has 0 unspecified atom stereocenters. The van der Waals surface area contributed by atoms with Gasteiger partial charge >= 0.3 is 0 Å². The molecule has 3 aromatic carbocycles. The van der Waals surface area contributed by atoms with Crippen LogP contribution in [0.15, 0.2) is 72.8 Å². The Morgan fingerprint density at radius 2 is 1.59 bits per heavy atom. The normalized spacial score (nSPS) is 10.7. The van der Waals surface area contributed by atoms with Crippen LogP contribution in [0.25, 0.3) is 10.8 Å². The predicted molar refractivity (Wildman–Crippen MR) is 117 cm³/mol. The molecule has 0 spiro atoms. The van der Waals surface area contributed by atoms with Crippen molar-refractivity contribution in [2.24, 2.45) is 5.73 Å². The van der Waals surface area contributed by atoms with Crippen LogP contribution < -0.4 is 11.1 Å². The molecule has 5 nitrogen and oxygen atoms in total. The minimum absolute atomic E-state index is 0.00481. The van der Waals surface area contributed by atoms with Crippen LogP contribution in [0.2, 0.25) is 0 Å². The van der Waals surface area contributed by atoms with Crippen molar-refractivity contribution in [2.45, 2.75) is 12.8 Å². The average molecular weight is 389 g/mol. The maximum absolute atomic E-state index is 12.6. The Morgan fingerprint density at radius 1 is 0.862 bits per heavy atom. The van der Waals surface area contributed by atoms with Gasteiger partial charge in [0.2, 0.25) is 5.91 Å². The first kappa shape index (κ1) is 20.6. The third-order valence-electron chi connectivity index (χ3n) is 4.90. The van der Waals surface area contributed by atoms with Crippen LogP contribution in [-0.4, -0.2) is 42.9 Å². The van der Waals surface area contributed by atoms with Gasteiger partial charge in [-0.2, -0.15) is 0 Å². The zero-order chi connectivity index (χ0) is 20.5. The van der Waals surface area contributed by atoms with Gasteiger partial charge in [0, 0.05) is 38.2 Å². The standard InChI is InChI=1S/C24H27N3O2/c25-14-17-27(16-13-19-6-2-1-3-7-19)23(28)12-15-26-24(29)22-11-10-20-8-4-5-9-21(20)18-22/h1-11,18H,12-17,25H2,(H,26,29). The van der Waals surface area contributed by atoms with Crippen molar-refractivity contribution in [3.05, 3.63) is 83.9 Å². The van der Waals surface area contributed by atoms with Crippen LogP contribution >= 0.6 is 0 Å². The van der Waals surface area contributed by atoms with Crippen molar-refractivity contribution in [1.29, 1.82) is 0 Å². The summed E-state index contributed by atoms with van der Waals surface area (Å²) in [5, 5.41) is 4.96. The van der Waals surface area contributed by atoms with Gasteiger partial charge < -0.3 is 16.0 Å². The maximum Gasteiger partial charge on any atom is 0.251 e. The second kappa shape index (κ2) is 10.4. The molecule has 0 aliphatic carbocycles. The van der Waals surface area contributed by atoms with Crippen LogP contribution in [0.1, 0.15) is 22.3 Å². The first-order valence-electron chi connectivity index (χ1n) is 9.96. The summed E-state index contributed by atoms with van der Waals surface area (Å²) in [5.41, 5.74) is 7.45. The minimum atomic E-state index is -0.168. The van der Waals surface area contributed by atoms with Gasteiger partial charge in [0.15, 0.2) is 0 Å². The molecule has 0 bridgehead atoms. The van der Waals surface area contributed by atoms with E-state index in [2.05, 4.69) is 17.4 Å². The van der Waals surface area contributed by atoms with E-state index >= 15 is 0 Å². The molecule has 0 saturated carbocycles. The zero-order valence-electron chi connectivity index (χ0n) is 16.5. The number of fused-ring (bicyclic) bond motifs is 1. The molecular formula is C24H27N3O2. The smallest absolute Gasteiger partial charge is 0.251 e. The first-order chi connectivity index (χ1) is 14.2. The van der Waals surface area contributed by atoms with E-state index in [4.69, 9.17) is 5.73 Å². The van der Waals surface area contributed by atoms with Gasteiger partial charge in [-0.05, 0) is 34.9 Å². The molecular weight excluding hydrogens is 362 g/mol. The molecule has 0 aliphatic heterocycles. The first-order valence-corrected chi connectivity index (χ1v) is 9.96. The number of hydrogen-bond donors (Lipinski definition) is 2. The highest BCUT2D eigenvalue weighted by molar-refractivity contribution is 5.98. The molecule has 0 atom stereocenters. The van der Waals surface area contributed by atoms with E-state index in [0.717, 1.165) is 17.2 Å². The van der Waals surface area contributed by atoms with Crippen molar-refractivity contribution in [3.63, 3.8) is 0 Å². The highest BCUT2D eigenvalue weighted by atomic mass is 16.2. The molecule has 3 rings (SSSR count). The Labute approximate surface area is 171 Å². The molecule has 0 aliphatic rings. The number of hydrogen-bond acceptors (Lipinski definition) is 3. The van der Waals surface area contributed by atoms with E-state index in [9.17, 15) is 9.59 Å². The Kier molecular flexibility index (Phi) is 7.36. The lowest BCUT2D eigenvalue weighted by Crippen LogP contribution is -2.38.